The van der Waals surface area contributed by atoms with E-state index < -0.39 is 0 Å². The van der Waals surface area contributed by atoms with Gasteiger partial charge in [-0.1, -0.05) is 29.4 Å². The van der Waals surface area contributed by atoms with Gasteiger partial charge < -0.3 is 9.42 Å². The van der Waals surface area contributed by atoms with Crippen molar-refractivity contribution in [2.75, 3.05) is 14.1 Å². The van der Waals surface area contributed by atoms with Gasteiger partial charge in [-0.2, -0.15) is 4.98 Å². The van der Waals surface area contributed by atoms with Gasteiger partial charge in [0.2, 0.25) is 5.82 Å². The van der Waals surface area contributed by atoms with Crippen molar-refractivity contribution in [2.24, 2.45) is 0 Å². The van der Waals surface area contributed by atoms with Crippen LogP contribution in [0.1, 0.15) is 23.9 Å². The lowest BCUT2D eigenvalue weighted by atomic mass is 10.1. The molecule has 0 aliphatic heterocycles. The third kappa shape index (κ3) is 3.94. The van der Waals surface area contributed by atoms with Crippen LogP contribution in [0, 0.1) is 0 Å². The number of rotatable bonds is 5. The Hall–Kier alpha value is -2.79. The summed E-state index contributed by atoms with van der Waals surface area (Å²) >= 11 is 0. The highest BCUT2D eigenvalue weighted by Crippen LogP contribution is 2.21. The smallest absolute Gasteiger partial charge is 0.253 e. The van der Waals surface area contributed by atoms with Crippen molar-refractivity contribution in [3.63, 3.8) is 0 Å². The highest BCUT2D eigenvalue weighted by atomic mass is 16.5. The first-order valence-electron chi connectivity index (χ1n) is 7.78. The summed E-state index contributed by atoms with van der Waals surface area (Å²) in [5, 5.41) is 4.09. The highest BCUT2D eigenvalue weighted by Gasteiger charge is 2.10. The van der Waals surface area contributed by atoms with E-state index in [1.165, 1.54) is 5.56 Å². The summed E-state index contributed by atoms with van der Waals surface area (Å²) in [6.45, 7) is 2.86. The lowest BCUT2D eigenvalue weighted by Gasteiger charge is -2.09. The fourth-order valence-corrected chi connectivity index (χ4v) is 2.40. The van der Waals surface area contributed by atoms with Crippen LogP contribution in [0.15, 0.2) is 53.3 Å². The van der Waals surface area contributed by atoms with Gasteiger partial charge in [-0.25, -0.2) is 0 Å². The predicted octanol–water partition coefficient (Wildman–Crippen LogP) is 3.75. The van der Waals surface area contributed by atoms with Crippen LogP contribution in [0.4, 0.5) is 0 Å². The molecule has 24 heavy (non-hydrogen) atoms. The second kappa shape index (κ2) is 7.19. The molecule has 3 aromatic rings. The zero-order chi connectivity index (χ0) is 16.9. The van der Waals surface area contributed by atoms with E-state index in [2.05, 4.69) is 46.3 Å². The van der Waals surface area contributed by atoms with Gasteiger partial charge >= 0.3 is 0 Å². The van der Waals surface area contributed by atoms with Gasteiger partial charge in [-0.05, 0) is 50.4 Å². The van der Waals surface area contributed by atoms with Crippen LogP contribution in [-0.2, 0) is 6.54 Å². The number of nitrogens with zero attached hydrogens (tertiary/aromatic N) is 4. The minimum absolute atomic E-state index is 0.527. The van der Waals surface area contributed by atoms with Gasteiger partial charge in [-0.15, -0.1) is 0 Å². The Labute approximate surface area is 141 Å². The number of hydrogen-bond donors (Lipinski definition) is 0. The number of hydrogen-bond acceptors (Lipinski definition) is 5. The van der Waals surface area contributed by atoms with Crippen molar-refractivity contribution < 1.29 is 4.52 Å². The minimum atomic E-state index is 0.527. The van der Waals surface area contributed by atoms with Crippen molar-refractivity contribution in [3.8, 4) is 11.4 Å². The maximum atomic E-state index is 5.39. The van der Waals surface area contributed by atoms with Gasteiger partial charge in [0.15, 0.2) is 0 Å². The Kier molecular flexibility index (Phi) is 4.82. The third-order valence-corrected chi connectivity index (χ3v) is 3.56. The monoisotopic (exact) mass is 320 g/mol. The van der Waals surface area contributed by atoms with Gasteiger partial charge in [0.05, 0.1) is 0 Å². The van der Waals surface area contributed by atoms with Crippen LogP contribution >= 0.6 is 0 Å². The summed E-state index contributed by atoms with van der Waals surface area (Å²) in [5.74, 6) is 1.13. The van der Waals surface area contributed by atoms with Crippen LogP contribution in [0.5, 0.6) is 0 Å². The second-order valence-electron chi connectivity index (χ2n) is 5.97. The van der Waals surface area contributed by atoms with Crippen molar-refractivity contribution in [2.45, 2.75) is 13.5 Å². The second-order valence-corrected chi connectivity index (χ2v) is 5.97. The molecule has 0 aliphatic carbocycles. The molecule has 2 heterocycles. The molecule has 0 amide bonds. The van der Waals surface area contributed by atoms with Crippen molar-refractivity contribution in [3.05, 3.63) is 65.8 Å². The van der Waals surface area contributed by atoms with Crippen molar-refractivity contribution in [1.82, 2.24) is 20.0 Å². The number of benzene rings is 1. The minimum Gasteiger partial charge on any atom is -0.334 e. The average Bonchev–Trinajstić information content (AvgIpc) is 3.06. The molecule has 0 aliphatic rings. The Balaban J connectivity index is 1.79. The molecule has 0 bridgehead atoms. The number of pyridine rings is 1. The lowest BCUT2D eigenvalue weighted by Crippen LogP contribution is -2.10. The van der Waals surface area contributed by atoms with E-state index in [1.807, 2.05) is 37.3 Å². The summed E-state index contributed by atoms with van der Waals surface area (Å²) in [5.41, 5.74) is 4.17. The standard InChI is InChI=1S/C19H20N4O/c1-14(12-15-8-10-20-11-9-15)19-21-18(22-24-19)17-6-4-16(5-7-17)13-23(2)3/h4-12H,13H2,1-3H3/b14-12+. The topological polar surface area (TPSA) is 55.1 Å². The molecular weight excluding hydrogens is 300 g/mol. The van der Waals surface area contributed by atoms with Crippen molar-refractivity contribution in [1.29, 1.82) is 0 Å². The van der Waals surface area contributed by atoms with E-state index in [0.29, 0.717) is 11.7 Å². The number of allylic oxidation sites excluding steroid dienone is 1. The maximum absolute atomic E-state index is 5.39. The third-order valence-electron chi connectivity index (χ3n) is 3.56. The highest BCUT2D eigenvalue weighted by molar-refractivity contribution is 5.76. The Morgan fingerprint density at radius 2 is 1.79 bits per heavy atom. The van der Waals surface area contributed by atoms with Crippen LogP contribution in [0.2, 0.25) is 0 Å². The first-order chi connectivity index (χ1) is 11.6. The molecule has 0 atom stereocenters. The zero-order valence-electron chi connectivity index (χ0n) is 14.1. The Morgan fingerprint density at radius 1 is 1.08 bits per heavy atom. The predicted molar refractivity (Wildman–Crippen MR) is 94.9 cm³/mol. The first kappa shape index (κ1) is 16.1. The summed E-state index contributed by atoms with van der Waals surface area (Å²) < 4.78 is 5.39. The Morgan fingerprint density at radius 3 is 2.46 bits per heavy atom. The molecule has 0 fully saturated rings. The van der Waals surface area contributed by atoms with Crippen molar-refractivity contribution >= 4 is 11.6 Å². The quantitative estimate of drug-likeness (QED) is 0.716. The van der Waals surface area contributed by atoms with E-state index in [0.717, 1.165) is 23.2 Å². The summed E-state index contributed by atoms with van der Waals surface area (Å²) in [4.78, 5) is 10.6. The van der Waals surface area contributed by atoms with E-state index in [4.69, 9.17) is 4.52 Å². The fourth-order valence-electron chi connectivity index (χ4n) is 2.40. The maximum Gasteiger partial charge on any atom is 0.253 e. The molecular formula is C19H20N4O. The van der Waals surface area contributed by atoms with Gasteiger partial charge in [0, 0.05) is 30.1 Å². The lowest BCUT2D eigenvalue weighted by molar-refractivity contribution is 0.402. The molecule has 122 valence electrons. The average molecular weight is 320 g/mol. The van der Waals surface area contributed by atoms with Gasteiger partial charge in [0.1, 0.15) is 0 Å². The Bertz CT molecular complexity index is 820. The molecule has 0 radical (unpaired) electrons. The van der Waals surface area contributed by atoms with Crippen LogP contribution in [-0.4, -0.2) is 34.1 Å². The summed E-state index contributed by atoms with van der Waals surface area (Å²) in [6, 6.07) is 12.1. The van der Waals surface area contributed by atoms with E-state index in [9.17, 15) is 0 Å². The van der Waals surface area contributed by atoms with E-state index in [1.54, 1.807) is 12.4 Å². The summed E-state index contributed by atoms with van der Waals surface area (Å²) in [7, 11) is 4.11. The molecule has 1 aromatic carbocycles. The van der Waals surface area contributed by atoms with E-state index in [-0.39, 0.29) is 0 Å². The molecule has 5 nitrogen and oxygen atoms in total. The van der Waals surface area contributed by atoms with Crippen LogP contribution < -0.4 is 0 Å². The molecule has 3 rings (SSSR count). The number of aromatic nitrogens is 3. The molecule has 0 saturated carbocycles. The largest absolute Gasteiger partial charge is 0.334 e. The van der Waals surface area contributed by atoms with Gasteiger partial charge in [0.25, 0.3) is 5.89 Å². The molecule has 5 heteroatoms. The van der Waals surface area contributed by atoms with Crippen LogP contribution in [0.3, 0.4) is 0 Å². The molecule has 2 aromatic heterocycles. The molecule has 0 unspecified atom stereocenters. The van der Waals surface area contributed by atoms with E-state index >= 15 is 0 Å². The zero-order valence-corrected chi connectivity index (χ0v) is 14.1. The fraction of sp³-hybridized carbons (Fsp3) is 0.211. The van der Waals surface area contributed by atoms with Crippen LogP contribution in [0.25, 0.3) is 23.0 Å². The SMILES string of the molecule is C/C(=C\c1ccncc1)c1nc(-c2ccc(CN(C)C)cc2)no1. The molecule has 0 saturated heterocycles. The first-order valence-corrected chi connectivity index (χ1v) is 7.78. The molecule has 0 N–H and O–H groups in total. The summed E-state index contributed by atoms with van der Waals surface area (Å²) in [6.07, 6.45) is 5.51. The molecule has 0 spiro atoms. The normalized spacial score (nSPS) is 11.9. The van der Waals surface area contributed by atoms with Gasteiger partial charge in [-0.3, -0.25) is 4.98 Å².